The number of rotatable bonds is 3. The van der Waals surface area contributed by atoms with E-state index >= 15 is 0 Å². The van der Waals surface area contributed by atoms with E-state index in [1.54, 1.807) is 20.8 Å². The van der Waals surface area contributed by atoms with E-state index in [9.17, 15) is 22.0 Å². The van der Waals surface area contributed by atoms with Crippen molar-refractivity contribution in [2.24, 2.45) is 0 Å². The van der Waals surface area contributed by atoms with Crippen LogP contribution in [0.5, 0.6) is 5.88 Å². The van der Waals surface area contributed by atoms with E-state index in [0.717, 1.165) is 6.07 Å². The average Bonchev–Trinajstić information content (AvgIpc) is 2.23. The molecule has 3 nitrogen and oxygen atoms in total. The average molecular weight is 363 g/mol. The van der Waals surface area contributed by atoms with Crippen LogP contribution in [0.2, 0.25) is 0 Å². The van der Waals surface area contributed by atoms with Crippen LogP contribution in [-0.4, -0.2) is 28.7 Å². The van der Waals surface area contributed by atoms with Crippen LogP contribution < -0.4 is 4.74 Å². The summed E-state index contributed by atoms with van der Waals surface area (Å²) in [5.41, 5.74) is -0.506. The van der Waals surface area contributed by atoms with Gasteiger partial charge in [-0.1, -0.05) is 20.8 Å². The molecular formula is C11H12BrF5N2O. The van der Waals surface area contributed by atoms with Gasteiger partial charge >= 0.3 is 12.1 Å². The van der Waals surface area contributed by atoms with Crippen LogP contribution in [0.3, 0.4) is 0 Å². The molecule has 0 aliphatic rings. The summed E-state index contributed by atoms with van der Waals surface area (Å²) in [6.45, 7) is 3.47. The summed E-state index contributed by atoms with van der Waals surface area (Å²) in [7, 11) is 0. The Labute approximate surface area is 120 Å². The van der Waals surface area contributed by atoms with Crippen molar-refractivity contribution in [3.63, 3.8) is 0 Å². The largest absolute Gasteiger partial charge is 0.471 e. The van der Waals surface area contributed by atoms with Crippen molar-refractivity contribution in [2.75, 3.05) is 6.61 Å². The third-order valence-corrected chi connectivity index (χ3v) is 2.56. The van der Waals surface area contributed by atoms with Gasteiger partial charge in [0.2, 0.25) is 5.88 Å². The molecule has 0 atom stereocenters. The predicted molar refractivity (Wildman–Crippen MR) is 64.9 cm³/mol. The van der Waals surface area contributed by atoms with E-state index in [2.05, 4.69) is 30.6 Å². The first kappa shape index (κ1) is 17.1. The number of halogens is 6. The van der Waals surface area contributed by atoms with Crippen molar-refractivity contribution >= 4 is 15.9 Å². The minimum atomic E-state index is -5.66. The minimum Gasteiger partial charge on any atom is -0.471 e. The Morgan fingerprint density at radius 3 is 2.10 bits per heavy atom. The van der Waals surface area contributed by atoms with E-state index in [1.807, 2.05) is 0 Å². The van der Waals surface area contributed by atoms with Gasteiger partial charge in [-0.15, -0.1) is 0 Å². The standard InChI is InChI=1S/C11H12BrF5N2O/c1-9(2,3)8-18-6(12)4-7(19-8)20-5-10(13,14)11(15,16)17/h4H,5H2,1-3H3. The molecule has 1 aromatic heterocycles. The smallest absolute Gasteiger partial charge is 0.456 e. The maximum atomic E-state index is 12.7. The number of alkyl halides is 5. The van der Waals surface area contributed by atoms with Gasteiger partial charge in [-0.25, -0.2) is 4.98 Å². The third-order valence-electron chi connectivity index (χ3n) is 2.16. The maximum Gasteiger partial charge on any atom is 0.456 e. The summed E-state index contributed by atoms with van der Waals surface area (Å²) >= 11 is 3.02. The van der Waals surface area contributed by atoms with Gasteiger partial charge in [0.15, 0.2) is 6.61 Å². The molecule has 0 radical (unpaired) electrons. The fourth-order valence-corrected chi connectivity index (χ4v) is 1.42. The van der Waals surface area contributed by atoms with E-state index in [4.69, 9.17) is 0 Å². The van der Waals surface area contributed by atoms with Gasteiger partial charge in [0.05, 0.1) is 0 Å². The molecule has 1 heterocycles. The molecule has 0 aliphatic heterocycles. The number of aromatic nitrogens is 2. The molecule has 114 valence electrons. The molecule has 0 bridgehead atoms. The minimum absolute atomic E-state index is 0.239. The lowest BCUT2D eigenvalue weighted by molar-refractivity contribution is -0.290. The van der Waals surface area contributed by atoms with Crippen LogP contribution in [0.15, 0.2) is 10.7 Å². The highest BCUT2D eigenvalue weighted by Crippen LogP contribution is 2.35. The summed E-state index contributed by atoms with van der Waals surface area (Å²) in [4.78, 5) is 7.84. The van der Waals surface area contributed by atoms with Gasteiger partial charge in [0.25, 0.3) is 0 Å². The lowest BCUT2D eigenvalue weighted by atomic mass is 9.96. The first-order valence-electron chi connectivity index (χ1n) is 5.45. The van der Waals surface area contributed by atoms with Crippen LogP contribution >= 0.6 is 15.9 Å². The number of hydrogen-bond acceptors (Lipinski definition) is 3. The Bertz CT molecular complexity index is 485. The summed E-state index contributed by atoms with van der Waals surface area (Å²) in [6.07, 6.45) is -5.66. The third kappa shape index (κ3) is 4.26. The fraction of sp³-hybridized carbons (Fsp3) is 0.636. The highest BCUT2D eigenvalue weighted by molar-refractivity contribution is 9.10. The Morgan fingerprint density at radius 1 is 1.10 bits per heavy atom. The van der Waals surface area contributed by atoms with E-state index in [-0.39, 0.29) is 16.3 Å². The van der Waals surface area contributed by atoms with Gasteiger partial charge in [-0.05, 0) is 15.9 Å². The first-order valence-corrected chi connectivity index (χ1v) is 6.25. The van der Waals surface area contributed by atoms with E-state index in [0.29, 0.717) is 0 Å². The van der Waals surface area contributed by atoms with Gasteiger partial charge < -0.3 is 4.74 Å². The van der Waals surface area contributed by atoms with Crippen molar-refractivity contribution < 1.29 is 26.7 Å². The maximum absolute atomic E-state index is 12.7. The van der Waals surface area contributed by atoms with Crippen LogP contribution in [0.25, 0.3) is 0 Å². The van der Waals surface area contributed by atoms with Crippen LogP contribution in [0.1, 0.15) is 26.6 Å². The van der Waals surface area contributed by atoms with Gasteiger partial charge in [0.1, 0.15) is 10.4 Å². The Morgan fingerprint density at radius 2 is 1.65 bits per heavy atom. The molecule has 1 rings (SSSR count). The van der Waals surface area contributed by atoms with Crippen molar-refractivity contribution in [3.8, 4) is 5.88 Å². The highest BCUT2D eigenvalue weighted by Gasteiger charge is 2.58. The molecule has 0 saturated heterocycles. The zero-order chi connectivity index (χ0) is 15.8. The monoisotopic (exact) mass is 362 g/mol. The molecule has 0 N–H and O–H groups in total. The Balaban J connectivity index is 2.92. The molecule has 0 saturated carbocycles. The van der Waals surface area contributed by atoms with Gasteiger partial charge in [-0.2, -0.15) is 26.9 Å². The van der Waals surface area contributed by atoms with Gasteiger partial charge in [-0.3, -0.25) is 0 Å². The molecule has 9 heteroatoms. The topological polar surface area (TPSA) is 35.0 Å². The van der Waals surface area contributed by atoms with Crippen molar-refractivity contribution in [1.29, 1.82) is 0 Å². The molecule has 0 unspecified atom stereocenters. The molecular weight excluding hydrogens is 351 g/mol. The van der Waals surface area contributed by atoms with E-state index < -0.39 is 24.1 Å². The second-order valence-corrected chi connectivity index (χ2v) is 5.91. The second kappa shape index (κ2) is 5.42. The van der Waals surface area contributed by atoms with Crippen LogP contribution in [-0.2, 0) is 5.41 Å². The highest BCUT2D eigenvalue weighted by atomic mass is 79.9. The molecule has 0 aliphatic carbocycles. The summed E-state index contributed by atoms with van der Waals surface area (Å²) in [5.74, 6) is -5.02. The zero-order valence-corrected chi connectivity index (χ0v) is 12.4. The quantitative estimate of drug-likeness (QED) is 0.599. The predicted octanol–water partition coefficient (Wildman–Crippen LogP) is 4.11. The SMILES string of the molecule is CC(C)(C)c1nc(Br)cc(OCC(F)(F)C(F)(F)F)n1. The van der Waals surface area contributed by atoms with Gasteiger partial charge in [0, 0.05) is 11.5 Å². The summed E-state index contributed by atoms with van der Waals surface area (Å²) < 4.78 is 66.2. The lowest BCUT2D eigenvalue weighted by Crippen LogP contribution is -2.41. The van der Waals surface area contributed by atoms with Crippen molar-refractivity contribution in [3.05, 3.63) is 16.5 Å². The molecule has 0 aromatic carbocycles. The second-order valence-electron chi connectivity index (χ2n) is 5.09. The first-order chi connectivity index (χ1) is 8.83. The molecule has 0 fully saturated rings. The lowest BCUT2D eigenvalue weighted by Gasteiger charge is -2.21. The Hall–Kier alpha value is -0.990. The molecule has 0 spiro atoms. The van der Waals surface area contributed by atoms with Crippen LogP contribution in [0, 0.1) is 0 Å². The molecule has 0 amide bonds. The fourth-order valence-electron chi connectivity index (χ4n) is 1.05. The summed E-state index contributed by atoms with van der Waals surface area (Å²) in [6, 6.07) is 1.13. The summed E-state index contributed by atoms with van der Waals surface area (Å²) in [5, 5.41) is 0. The number of nitrogens with zero attached hydrogens (tertiary/aromatic N) is 2. The number of hydrogen-bond donors (Lipinski definition) is 0. The van der Waals surface area contributed by atoms with E-state index in [1.165, 1.54) is 0 Å². The van der Waals surface area contributed by atoms with Crippen molar-refractivity contribution in [1.82, 2.24) is 9.97 Å². The Kier molecular flexibility index (Phi) is 4.62. The molecule has 20 heavy (non-hydrogen) atoms. The zero-order valence-electron chi connectivity index (χ0n) is 10.9. The van der Waals surface area contributed by atoms with Crippen molar-refractivity contribution in [2.45, 2.75) is 38.3 Å². The van der Waals surface area contributed by atoms with Crippen LogP contribution in [0.4, 0.5) is 22.0 Å². The number of ether oxygens (including phenoxy) is 1. The molecule has 1 aromatic rings. The normalized spacial score (nSPS) is 13.4.